The maximum absolute atomic E-state index is 11.4. The van der Waals surface area contributed by atoms with E-state index in [4.69, 9.17) is 4.52 Å². The lowest BCUT2D eigenvalue weighted by Crippen LogP contribution is -2.50. The molecule has 2 rings (SSSR count). The zero-order valence-electron chi connectivity index (χ0n) is 11.3. The smallest absolute Gasteiger partial charge is 0.328 e. The Morgan fingerprint density at radius 1 is 1.47 bits per heavy atom. The predicted molar refractivity (Wildman–Crippen MR) is 69.1 cm³/mol. The minimum atomic E-state index is -1.08. The van der Waals surface area contributed by atoms with Crippen molar-refractivity contribution in [3.63, 3.8) is 0 Å². The summed E-state index contributed by atoms with van der Waals surface area (Å²) in [6.07, 6.45) is 1.35. The van der Waals surface area contributed by atoms with Crippen molar-refractivity contribution in [3.05, 3.63) is 12.0 Å². The summed E-state index contributed by atoms with van der Waals surface area (Å²) < 4.78 is 5.08. The van der Waals surface area contributed by atoms with Gasteiger partial charge in [0, 0.05) is 6.54 Å². The van der Waals surface area contributed by atoms with Crippen molar-refractivity contribution in [1.29, 1.82) is 0 Å². The minimum Gasteiger partial charge on any atom is -0.480 e. The highest BCUT2D eigenvalue weighted by Gasteiger charge is 2.36. The van der Waals surface area contributed by atoms with E-state index in [0.717, 1.165) is 0 Å². The molecule has 0 aromatic carbocycles. The molecular weight excluding hydrogens is 248 g/mol. The number of hydrogen-bond acceptors (Lipinski definition) is 6. The summed E-state index contributed by atoms with van der Waals surface area (Å²) in [6, 6.07) is 0. The number of nitrogens with zero attached hydrogens (tertiary/aromatic N) is 4. The molecule has 0 aliphatic carbocycles. The Morgan fingerprint density at radius 2 is 2.16 bits per heavy atom. The summed E-state index contributed by atoms with van der Waals surface area (Å²) in [4.78, 5) is 21.3. The molecule has 2 heterocycles. The van der Waals surface area contributed by atoms with Crippen molar-refractivity contribution in [3.8, 4) is 0 Å². The average Bonchev–Trinajstić information content (AvgIpc) is 2.72. The fourth-order valence-corrected chi connectivity index (χ4v) is 2.03. The standard InChI is InChI=1S/C12H16N4O3/c1-5-16(12(3,4)11(17)18)9-8-7(2)15-19-10(8)14-6-13-9/h6H,5H2,1-4H3,(H,17,18). The van der Waals surface area contributed by atoms with E-state index in [-0.39, 0.29) is 0 Å². The molecule has 0 spiro atoms. The molecule has 0 radical (unpaired) electrons. The van der Waals surface area contributed by atoms with E-state index >= 15 is 0 Å². The van der Waals surface area contributed by atoms with Crippen LogP contribution in [0.15, 0.2) is 10.9 Å². The first-order valence-corrected chi connectivity index (χ1v) is 5.97. The monoisotopic (exact) mass is 264 g/mol. The van der Waals surface area contributed by atoms with Crippen LogP contribution in [0.3, 0.4) is 0 Å². The molecule has 7 heteroatoms. The molecule has 2 aromatic heterocycles. The van der Waals surface area contributed by atoms with Gasteiger partial charge in [-0.1, -0.05) is 5.16 Å². The van der Waals surface area contributed by atoms with Crippen LogP contribution in [0.4, 0.5) is 5.82 Å². The molecule has 102 valence electrons. The molecule has 0 saturated carbocycles. The number of aryl methyl sites for hydroxylation is 1. The quantitative estimate of drug-likeness (QED) is 0.896. The van der Waals surface area contributed by atoms with E-state index in [2.05, 4.69) is 15.1 Å². The second-order valence-corrected chi connectivity index (χ2v) is 4.75. The van der Waals surface area contributed by atoms with Crippen LogP contribution in [0, 0.1) is 6.92 Å². The second-order valence-electron chi connectivity index (χ2n) is 4.75. The molecule has 7 nitrogen and oxygen atoms in total. The Labute approximate surface area is 110 Å². The molecule has 1 N–H and O–H groups in total. The second kappa shape index (κ2) is 4.49. The van der Waals surface area contributed by atoms with Crippen LogP contribution >= 0.6 is 0 Å². The molecule has 0 unspecified atom stereocenters. The number of anilines is 1. The lowest BCUT2D eigenvalue weighted by Gasteiger charge is -2.35. The number of carbonyl (C=O) groups is 1. The van der Waals surface area contributed by atoms with E-state index in [0.29, 0.717) is 29.2 Å². The number of aliphatic carboxylic acids is 1. The van der Waals surface area contributed by atoms with Crippen LogP contribution in [0.2, 0.25) is 0 Å². The number of fused-ring (bicyclic) bond motifs is 1. The number of rotatable bonds is 4. The van der Waals surface area contributed by atoms with Crippen molar-refractivity contribution in [1.82, 2.24) is 15.1 Å². The van der Waals surface area contributed by atoms with Crippen molar-refractivity contribution in [2.45, 2.75) is 33.2 Å². The van der Waals surface area contributed by atoms with Gasteiger partial charge in [0.25, 0.3) is 5.71 Å². The van der Waals surface area contributed by atoms with Crippen LogP contribution in [0.1, 0.15) is 26.5 Å². The molecule has 19 heavy (non-hydrogen) atoms. The van der Waals surface area contributed by atoms with Crippen LogP contribution in [0.25, 0.3) is 11.1 Å². The first kappa shape index (κ1) is 13.3. The Balaban J connectivity index is 2.65. The molecular formula is C12H16N4O3. The molecule has 0 bridgehead atoms. The van der Waals surface area contributed by atoms with Gasteiger partial charge in [0.15, 0.2) is 0 Å². The van der Waals surface area contributed by atoms with Crippen molar-refractivity contribution in [2.75, 3.05) is 11.4 Å². The summed E-state index contributed by atoms with van der Waals surface area (Å²) in [6.45, 7) is 7.42. The summed E-state index contributed by atoms with van der Waals surface area (Å²) in [5.41, 5.74) is -0.0768. The molecule has 2 aromatic rings. The Kier molecular flexibility index (Phi) is 3.13. The Morgan fingerprint density at radius 3 is 2.74 bits per heavy atom. The largest absolute Gasteiger partial charge is 0.480 e. The Hall–Kier alpha value is -2.18. The minimum absolute atomic E-state index is 0.363. The first-order chi connectivity index (χ1) is 8.89. The lowest BCUT2D eigenvalue weighted by atomic mass is 10.0. The van der Waals surface area contributed by atoms with E-state index < -0.39 is 11.5 Å². The number of likely N-dealkylation sites (N-methyl/N-ethyl adjacent to an activating group) is 1. The van der Waals surface area contributed by atoms with E-state index in [1.807, 2.05) is 6.92 Å². The first-order valence-electron chi connectivity index (χ1n) is 5.97. The average molecular weight is 264 g/mol. The van der Waals surface area contributed by atoms with Gasteiger partial charge in [-0.25, -0.2) is 9.78 Å². The summed E-state index contributed by atoms with van der Waals surface area (Å²) in [5.74, 6) is -0.395. The van der Waals surface area contributed by atoms with E-state index in [1.165, 1.54) is 6.33 Å². The number of carboxylic acids is 1. The van der Waals surface area contributed by atoms with Crippen LogP contribution in [0.5, 0.6) is 0 Å². The van der Waals surface area contributed by atoms with Gasteiger partial charge < -0.3 is 14.5 Å². The predicted octanol–water partition coefficient (Wildman–Crippen LogP) is 1.62. The van der Waals surface area contributed by atoms with Gasteiger partial charge in [0.05, 0.1) is 5.69 Å². The SMILES string of the molecule is CCN(c1ncnc2onc(C)c12)C(C)(C)C(=O)O. The van der Waals surface area contributed by atoms with Gasteiger partial charge >= 0.3 is 5.97 Å². The summed E-state index contributed by atoms with van der Waals surface area (Å²) in [5, 5.41) is 13.9. The fraction of sp³-hybridized carbons (Fsp3) is 0.500. The van der Waals surface area contributed by atoms with Gasteiger partial charge in [-0.3, -0.25) is 0 Å². The third kappa shape index (κ3) is 2.00. The van der Waals surface area contributed by atoms with Gasteiger partial charge in [0.2, 0.25) is 0 Å². The molecule has 0 saturated heterocycles. The lowest BCUT2D eigenvalue weighted by molar-refractivity contribution is -0.142. The van der Waals surface area contributed by atoms with Gasteiger partial charge in [-0.15, -0.1) is 0 Å². The van der Waals surface area contributed by atoms with Crippen LogP contribution in [-0.2, 0) is 4.79 Å². The third-order valence-corrected chi connectivity index (χ3v) is 3.19. The zero-order chi connectivity index (χ0) is 14.2. The molecule has 0 atom stereocenters. The highest BCUT2D eigenvalue weighted by molar-refractivity contribution is 5.91. The summed E-state index contributed by atoms with van der Waals surface area (Å²) >= 11 is 0. The molecule has 0 amide bonds. The van der Waals surface area contributed by atoms with Crippen LogP contribution < -0.4 is 4.90 Å². The van der Waals surface area contributed by atoms with Crippen molar-refractivity contribution < 1.29 is 14.4 Å². The van der Waals surface area contributed by atoms with Gasteiger partial charge in [0.1, 0.15) is 23.1 Å². The number of carboxylic acid groups (broad SMARTS) is 1. The maximum Gasteiger partial charge on any atom is 0.328 e. The number of hydrogen-bond donors (Lipinski definition) is 1. The van der Waals surface area contributed by atoms with Crippen molar-refractivity contribution >= 4 is 22.9 Å². The molecule has 0 aliphatic heterocycles. The maximum atomic E-state index is 11.4. The van der Waals surface area contributed by atoms with E-state index in [1.54, 1.807) is 25.7 Å². The van der Waals surface area contributed by atoms with Crippen LogP contribution in [-0.4, -0.2) is 38.3 Å². The molecule has 0 aliphatic rings. The Bertz CT molecular complexity index is 620. The number of aromatic nitrogens is 3. The zero-order valence-corrected chi connectivity index (χ0v) is 11.3. The van der Waals surface area contributed by atoms with Gasteiger partial charge in [-0.2, -0.15) is 4.98 Å². The highest BCUT2D eigenvalue weighted by atomic mass is 16.5. The topological polar surface area (TPSA) is 92.4 Å². The summed E-state index contributed by atoms with van der Waals surface area (Å²) in [7, 11) is 0. The highest BCUT2D eigenvalue weighted by Crippen LogP contribution is 2.30. The normalized spacial score (nSPS) is 11.8. The van der Waals surface area contributed by atoms with Gasteiger partial charge in [-0.05, 0) is 27.7 Å². The van der Waals surface area contributed by atoms with Crippen molar-refractivity contribution in [2.24, 2.45) is 0 Å². The fourth-order valence-electron chi connectivity index (χ4n) is 2.03. The third-order valence-electron chi connectivity index (χ3n) is 3.19. The molecule has 0 fully saturated rings. The van der Waals surface area contributed by atoms with E-state index in [9.17, 15) is 9.90 Å².